The molecule has 0 saturated carbocycles. The fourth-order valence-electron chi connectivity index (χ4n) is 4.17. The Morgan fingerprint density at radius 3 is 2.62 bits per heavy atom. The highest BCUT2D eigenvalue weighted by molar-refractivity contribution is 5.90. The summed E-state index contributed by atoms with van der Waals surface area (Å²) in [6.45, 7) is 1.57. The predicted octanol–water partition coefficient (Wildman–Crippen LogP) is 2.75. The van der Waals surface area contributed by atoms with Crippen LogP contribution in [0.2, 0.25) is 0 Å². The Morgan fingerprint density at radius 2 is 1.94 bits per heavy atom. The molecule has 7 heteroatoms. The van der Waals surface area contributed by atoms with Crippen molar-refractivity contribution in [3.8, 4) is 11.5 Å². The molecule has 0 radical (unpaired) electrons. The minimum Gasteiger partial charge on any atom is -0.497 e. The van der Waals surface area contributed by atoms with E-state index in [1.165, 1.54) is 11.1 Å². The molecule has 0 aromatic heterocycles. The third-order valence-electron chi connectivity index (χ3n) is 5.98. The molecule has 0 spiro atoms. The number of morpholine rings is 1. The number of amides is 2. The number of methoxy groups -OCH3 is 2. The highest BCUT2D eigenvalue weighted by Gasteiger charge is 2.37. The number of carbonyl (C=O) groups is 2. The molecular weight excluding hydrogens is 408 g/mol. The zero-order valence-corrected chi connectivity index (χ0v) is 18.5. The molecule has 0 N–H and O–H groups in total. The van der Waals surface area contributed by atoms with Gasteiger partial charge in [0.05, 0.1) is 27.4 Å². The molecule has 2 aliphatic heterocycles. The van der Waals surface area contributed by atoms with Crippen LogP contribution in [0.5, 0.6) is 11.5 Å². The topological polar surface area (TPSA) is 68.3 Å². The first-order valence-corrected chi connectivity index (χ1v) is 10.7. The SMILES string of the molecule is COc1ccc(CN2C(=O)COC[C@H]2C(=O)N2CC=C(c3ccccc3)CC2)c(OC)c1. The minimum atomic E-state index is -0.658. The van der Waals surface area contributed by atoms with E-state index < -0.39 is 6.04 Å². The summed E-state index contributed by atoms with van der Waals surface area (Å²) in [6.07, 6.45) is 2.88. The van der Waals surface area contributed by atoms with Crippen molar-refractivity contribution in [3.05, 3.63) is 65.7 Å². The summed E-state index contributed by atoms with van der Waals surface area (Å²) in [7, 11) is 3.16. The van der Waals surface area contributed by atoms with Gasteiger partial charge in [0, 0.05) is 24.7 Å². The van der Waals surface area contributed by atoms with Crippen LogP contribution in [0.3, 0.4) is 0 Å². The average Bonchev–Trinajstić information content (AvgIpc) is 2.85. The fraction of sp³-hybridized carbons (Fsp3) is 0.360. The molecule has 0 bridgehead atoms. The first-order chi connectivity index (χ1) is 15.6. The van der Waals surface area contributed by atoms with Gasteiger partial charge < -0.3 is 24.0 Å². The monoisotopic (exact) mass is 436 g/mol. The van der Waals surface area contributed by atoms with Crippen molar-refractivity contribution < 1.29 is 23.8 Å². The van der Waals surface area contributed by atoms with E-state index in [-0.39, 0.29) is 31.6 Å². The van der Waals surface area contributed by atoms with E-state index in [0.717, 1.165) is 12.0 Å². The van der Waals surface area contributed by atoms with Gasteiger partial charge in [0.2, 0.25) is 11.8 Å². The molecule has 2 aliphatic rings. The van der Waals surface area contributed by atoms with E-state index in [9.17, 15) is 9.59 Å². The van der Waals surface area contributed by atoms with E-state index >= 15 is 0 Å². The molecule has 2 aromatic carbocycles. The van der Waals surface area contributed by atoms with Crippen molar-refractivity contribution in [2.75, 3.05) is 40.5 Å². The largest absolute Gasteiger partial charge is 0.497 e. The molecule has 2 aromatic rings. The Labute approximate surface area is 188 Å². The Hall–Kier alpha value is -3.32. The quantitative estimate of drug-likeness (QED) is 0.697. The summed E-state index contributed by atoms with van der Waals surface area (Å²) in [4.78, 5) is 29.5. The van der Waals surface area contributed by atoms with Gasteiger partial charge in [-0.1, -0.05) is 36.4 Å². The van der Waals surface area contributed by atoms with Gasteiger partial charge in [-0.15, -0.1) is 0 Å². The molecule has 7 nitrogen and oxygen atoms in total. The molecule has 1 saturated heterocycles. The van der Waals surface area contributed by atoms with Gasteiger partial charge in [-0.2, -0.15) is 0 Å². The van der Waals surface area contributed by atoms with E-state index in [2.05, 4.69) is 18.2 Å². The second-order valence-corrected chi connectivity index (χ2v) is 7.86. The van der Waals surface area contributed by atoms with Gasteiger partial charge in [-0.25, -0.2) is 0 Å². The predicted molar refractivity (Wildman–Crippen MR) is 120 cm³/mol. The van der Waals surface area contributed by atoms with E-state index in [1.807, 2.05) is 30.3 Å². The maximum atomic E-state index is 13.4. The van der Waals surface area contributed by atoms with Crippen molar-refractivity contribution in [1.29, 1.82) is 0 Å². The standard InChI is InChI=1S/C25H28N2O5/c1-30-21-9-8-20(23(14-21)31-2)15-27-22(16-32-17-24(27)28)25(29)26-12-10-19(11-13-26)18-6-4-3-5-7-18/h3-10,14,22H,11-13,15-17H2,1-2H3/t22-/m0/s1. The van der Waals surface area contributed by atoms with Crippen LogP contribution < -0.4 is 9.47 Å². The number of carbonyl (C=O) groups excluding carboxylic acids is 2. The summed E-state index contributed by atoms with van der Waals surface area (Å²) >= 11 is 0. The molecule has 4 rings (SSSR count). The van der Waals surface area contributed by atoms with Crippen LogP contribution in [0, 0.1) is 0 Å². The Kier molecular flexibility index (Phi) is 6.75. The zero-order valence-electron chi connectivity index (χ0n) is 18.5. The normalized spacial score (nSPS) is 18.9. The maximum Gasteiger partial charge on any atom is 0.249 e. The van der Waals surface area contributed by atoms with Crippen molar-refractivity contribution in [2.24, 2.45) is 0 Å². The van der Waals surface area contributed by atoms with E-state index in [0.29, 0.717) is 24.6 Å². The minimum absolute atomic E-state index is 0.0275. The highest BCUT2D eigenvalue weighted by atomic mass is 16.5. The first kappa shape index (κ1) is 21.9. The second-order valence-electron chi connectivity index (χ2n) is 7.86. The molecule has 2 amide bonds. The Morgan fingerprint density at radius 1 is 1.12 bits per heavy atom. The van der Waals surface area contributed by atoms with Crippen molar-refractivity contribution in [3.63, 3.8) is 0 Å². The van der Waals surface area contributed by atoms with Gasteiger partial charge >= 0.3 is 0 Å². The summed E-state index contributed by atoms with van der Waals surface area (Å²) in [5, 5.41) is 0. The lowest BCUT2D eigenvalue weighted by atomic mass is 9.99. The van der Waals surface area contributed by atoms with Crippen molar-refractivity contribution in [1.82, 2.24) is 9.80 Å². The van der Waals surface area contributed by atoms with Crippen LogP contribution in [-0.4, -0.2) is 68.2 Å². The lowest BCUT2D eigenvalue weighted by Gasteiger charge is -2.38. The van der Waals surface area contributed by atoms with Crippen LogP contribution in [-0.2, 0) is 20.9 Å². The molecule has 0 aliphatic carbocycles. The summed E-state index contributed by atoms with van der Waals surface area (Å²) in [5.41, 5.74) is 3.24. The number of rotatable bonds is 6. The van der Waals surface area contributed by atoms with Crippen LogP contribution in [0.4, 0.5) is 0 Å². The molecule has 1 atom stereocenters. The molecular formula is C25H28N2O5. The summed E-state index contributed by atoms with van der Waals surface area (Å²) in [6, 6.07) is 15.0. The number of ether oxygens (including phenoxy) is 3. The van der Waals surface area contributed by atoms with Crippen molar-refractivity contribution >= 4 is 17.4 Å². The number of hydrogen-bond donors (Lipinski definition) is 0. The first-order valence-electron chi connectivity index (χ1n) is 10.7. The maximum absolute atomic E-state index is 13.4. The highest BCUT2D eigenvalue weighted by Crippen LogP contribution is 2.28. The second kappa shape index (κ2) is 9.87. The zero-order chi connectivity index (χ0) is 22.5. The van der Waals surface area contributed by atoms with Gasteiger partial charge in [0.15, 0.2) is 0 Å². The molecule has 2 heterocycles. The van der Waals surface area contributed by atoms with E-state index in [4.69, 9.17) is 14.2 Å². The third-order valence-corrected chi connectivity index (χ3v) is 5.98. The van der Waals surface area contributed by atoms with Crippen molar-refractivity contribution in [2.45, 2.75) is 19.0 Å². The molecule has 0 unspecified atom stereocenters. The van der Waals surface area contributed by atoms with Gasteiger partial charge in [0.1, 0.15) is 24.1 Å². The van der Waals surface area contributed by atoms with Gasteiger partial charge in [-0.3, -0.25) is 9.59 Å². The molecule has 32 heavy (non-hydrogen) atoms. The smallest absolute Gasteiger partial charge is 0.249 e. The lowest BCUT2D eigenvalue weighted by Crippen LogP contribution is -2.57. The number of benzene rings is 2. The van der Waals surface area contributed by atoms with Crippen LogP contribution in [0.1, 0.15) is 17.5 Å². The molecule has 168 valence electrons. The summed E-state index contributed by atoms with van der Waals surface area (Å²) in [5.74, 6) is 0.989. The number of hydrogen-bond acceptors (Lipinski definition) is 5. The summed E-state index contributed by atoms with van der Waals surface area (Å²) < 4.78 is 16.2. The van der Waals surface area contributed by atoms with Gasteiger partial charge in [0.25, 0.3) is 0 Å². The Bertz CT molecular complexity index is 1000. The molecule has 1 fully saturated rings. The van der Waals surface area contributed by atoms with Crippen LogP contribution in [0.15, 0.2) is 54.6 Å². The van der Waals surface area contributed by atoms with Gasteiger partial charge in [-0.05, 0) is 29.7 Å². The Balaban J connectivity index is 1.50. The lowest BCUT2D eigenvalue weighted by molar-refractivity contribution is -0.159. The van der Waals surface area contributed by atoms with Crippen LogP contribution >= 0.6 is 0 Å². The van der Waals surface area contributed by atoms with E-state index in [1.54, 1.807) is 30.1 Å². The number of nitrogens with zero attached hydrogens (tertiary/aromatic N) is 2. The van der Waals surface area contributed by atoms with Crippen LogP contribution in [0.25, 0.3) is 5.57 Å². The fourth-order valence-corrected chi connectivity index (χ4v) is 4.17. The average molecular weight is 437 g/mol. The third kappa shape index (κ3) is 4.62.